The van der Waals surface area contributed by atoms with Gasteiger partial charge in [-0.2, -0.15) is 0 Å². The quantitative estimate of drug-likeness (QED) is 0.420. The van der Waals surface area contributed by atoms with Gasteiger partial charge in [-0.1, -0.05) is 18.2 Å². The minimum absolute atomic E-state index is 0.163. The molecule has 3 aliphatic rings. The van der Waals surface area contributed by atoms with Gasteiger partial charge in [0.15, 0.2) is 6.10 Å². The predicted molar refractivity (Wildman–Crippen MR) is 80.0 cm³/mol. The number of hydrogen-bond donors (Lipinski definition) is 2. The molecule has 1 heterocycles. The lowest BCUT2D eigenvalue weighted by molar-refractivity contribution is -0.186. The number of carbonyl (C=O) groups excluding carboxylic acids is 2. The number of ether oxygens (including phenoxy) is 2. The number of fused-ring (bicyclic) bond motifs is 3. The van der Waals surface area contributed by atoms with Gasteiger partial charge in [-0.3, -0.25) is 4.79 Å². The largest absolute Gasteiger partial charge is 0.458 e. The fourth-order valence-electron chi connectivity index (χ4n) is 4.42. The lowest BCUT2D eigenvalue weighted by Crippen LogP contribution is -2.54. The first-order valence-electron chi connectivity index (χ1n) is 7.80. The van der Waals surface area contributed by atoms with Crippen molar-refractivity contribution in [3.8, 4) is 0 Å². The van der Waals surface area contributed by atoms with E-state index in [1.165, 1.54) is 6.92 Å². The molecule has 1 aliphatic heterocycles. The van der Waals surface area contributed by atoms with E-state index in [-0.39, 0.29) is 17.4 Å². The summed E-state index contributed by atoms with van der Waals surface area (Å²) in [6.45, 7) is 8.46. The molecule has 0 amide bonds. The molecule has 0 radical (unpaired) electrons. The standard InChI is InChI=1S/C17H22O6/c1-7-5-6-10-11(7)14-12(8(2)16(20)23-14)13(19)15(17(10,4)21)22-9(3)18/h5,10-15,19,21H,2,6H2,1,3-4H3/t10-,11+,12+,13-,14-,15-,17+/m1/s1. The van der Waals surface area contributed by atoms with Gasteiger partial charge in [0, 0.05) is 24.3 Å². The zero-order chi connectivity index (χ0) is 17.1. The zero-order valence-corrected chi connectivity index (χ0v) is 13.5. The monoisotopic (exact) mass is 322 g/mol. The van der Waals surface area contributed by atoms with Gasteiger partial charge < -0.3 is 19.7 Å². The Labute approximate surface area is 134 Å². The molecule has 1 saturated heterocycles. The highest BCUT2D eigenvalue weighted by atomic mass is 16.6. The maximum Gasteiger partial charge on any atom is 0.334 e. The van der Waals surface area contributed by atoms with Gasteiger partial charge in [-0.15, -0.1) is 0 Å². The third-order valence-electron chi connectivity index (χ3n) is 5.57. The molecule has 0 aromatic carbocycles. The third kappa shape index (κ3) is 2.23. The van der Waals surface area contributed by atoms with Crippen LogP contribution in [0.3, 0.4) is 0 Å². The summed E-state index contributed by atoms with van der Waals surface area (Å²) in [5.74, 6) is -2.37. The van der Waals surface area contributed by atoms with Crippen LogP contribution in [-0.4, -0.2) is 46.1 Å². The Hall–Kier alpha value is -1.66. The molecule has 2 N–H and O–H groups in total. The molecule has 0 aromatic rings. The van der Waals surface area contributed by atoms with E-state index in [0.717, 1.165) is 5.57 Å². The Kier molecular flexibility index (Phi) is 3.65. The lowest BCUT2D eigenvalue weighted by Gasteiger charge is -2.39. The van der Waals surface area contributed by atoms with Crippen molar-refractivity contribution in [2.75, 3.05) is 0 Å². The molecule has 1 saturated carbocycles. The van der Waals surface area contributed by atoms with E-state index in [2.05, 4.69) is 6.58 Å². The molecule has 6 heteroatoms. The average molecular weight is 322 g/mol. The van der Waals surface area contributed by atoms with E-state index < -0.39 is 41.8 Å². The fraction of sp³-hybridized carbons (Fsp3) is 0.647. The van der Waals surface area contributed by atoms with Crippen molar-refractivity contribution in [1.29, 1.82) is 0 Å². The average Bonchev–Trinajstić information content (AvgIpc) is 2.95. The molecule has 2 aliphatic carbocycles. The third-order valence-corrected chi connectivity index (χ3v) is 5.57. The molecule has 126 valence electrons. The summed E-state index contributed by atoms with van der Waals surface area (Å²) in [5, 5.41) is 21.9. The van der Waals surface area contributed by atoms with Crippen LogP contribution in [-0.2, 0) is 19.1 Å². The van der Waals surface area contributed by atoms with Crippen LogP contribution in [0.25, 0.3) is 0 Å². The summed E-state index contributed by atoms with van der Waals surface area (Å²) < 4.78 is 10.7. The number of carbonyl (C=O) groups is 2. The molecule has 0 unspecified atom stereocenters. The second kappa shape index (κ2) is 5.18. The van der Waals surface area contributed by atoms with Gasteiger partial charge in [0.25, 0.3) is 0 Å². The van der Waals surface area contributed by atoms with E-state index in [9.17, 15) is 19.8 Å². The van der Waals surface area contributed by atoms with Crippen molar-refractivity contribution < 1.29 is 29.3 Å². The van der Waals surface area contributed by atoms with Crippen molar-refractivity contribution in [2.24, 2.45) is 17.8 Å². The maximum atomic E-state index is 12.0. The SMILES string of the molecule is C=C1C(=O)O[C@@H]2[C@H]3C(C)=CC[C@H]3[C@](C)(O)[C@H](OC(C)=O)[C@H](O)[C@H]12. The molecular weight excluding hydrogens is 300 g/mol. The van der Waals surface area contributed by atoms with E-state index in [4.69, 9.17) is 9.47 Å². The van der Waals surface area contributed by atoms with E-state index in [0.29, 0.717) is 6.42 Å². The smallest absolute Gasteiger partial charge is 0.334 e. The summed E-state index contributed by atoms with van der Waals surface area (Å²) in [6, 6.07) is 0. The van der Waals surface area contributed by atoms with E-state index in [1.807, 2.05) is 13.0 Å². The topological polar surface area (TPSA) is 93.1 Å². The van der Waals surface area contributed by atoms with Gasteiger partial charge in [0.1, 0.15) is 17.8 Å². The van der Waals surface area contributed by atoms with Crippen molar-refractivity contribution in [3.63, 3.8) is 0 Å². The van der Waals surface area contributed by atoms with Crippen molar-refractivity contribution in [3.05, 3.63) is 23.8 Å². The van der Waals surface area contributed by atoms with Gasteiger partial charge >= 0.3 is 11.9 Å². The normalized spacial score (nSPS) is 45.7. The van der Waals surface area contributed by atoms with Crippen LogP contribution in [0.1, 0.15) is 27.2 Å². The van der Waals surface area contributed by atoms with E-state index in [1.54, 1.807) is 6.92 Å². The second-order valence-electron chi connectivity index (χ2n) is 6.98. The highest BCUT2D eigenvalue weighted by Gasteiger charge is 2.62. The minimum Gasteiger partial charge on any atom is -0.458 e. The Balaban J connectivity index is 2.11. The Morgan fingerprint density at radius 1 is 1.48 bits per heavy atom. The summed E-state index contributed by atoms with van der Waals surface area (Å²) in [5.41, 5.74) is -0.277. The molecule has 0 aromatic heterocycles. The van der Waals surface area contributed by atoms with Gasteiger partial charge in [0.2, 0.25) is 0 Å². The molecule has 6 nitrogen and oxygen atoms in total. The number of allylic oxidation sites excluding steroid dienone is 1. The van der Waals surface area contributed by atoms with Crippen LogP contribution in [0.2, 0.25) is 0 Å². The zero-order valence-electron chi connectivity index (χ0n) is 13.5. The summed E-state index contributed by atoms with van der Waals surface area (Å²) in [6.07, 6.45) is -0.426. The van der Waals surface area contributed by atoms with Crippen LogP contribution in [0.4, 0.5) is 0 Å². The highest BCUT2D eigenvalue weighted by Crippen LogP contribution is 2.52. The molecule has 7 atom stereocenters. The molecule has 0 bridgehead atoms. The first-order chi connectivity index (χ1) is 10.7. The first kappa shape index (κ1) is 16.2. The van der Waals surface area contributed by atoms with E-state index >= 15 is 0 Å². The molecule has 3 rings (SSSR count). The van der Waals surface area contributed by atoms with Crippen LogP contribution in [0.5, 0.6) is 0 Å². The van der Waals surface area contributed by atoms with Gasteiger partial charge in [0.05, 0.1) is 5.92 Å². The fourth-order valence-corrected chi connectivity index (χ4v) is 4.42. The minimum atomic E-state index is -1.44. The van der Waals surface area contributed by atoms with Crippen molar-refractivity contribution in [1.82, 2.24) is 0 Å². The number of esters is 2. The molecule has 2 fully saturated rings. The number of hydrogen-bond acceptors (Lipinski definition) is 6. The Morgan fingerprint density at radius 2 is 2.13 bits per heavy atom. The number of aliphatic hydroxyl groups excluding tert-OH is 1. The predicted octanol–water partition coefficient (Wildman–Crippen LogP) is 0.724. The summed E-state index contributed by atoms with van der Waals surface area (Å²) >= 11 is 0. The van der Waals surface area contributed by atoms with Gasteiger partial charge in [-0.25, -0.2) is 4.79 Å². The van der Waals surface area contributed by atoms with Crippen LogP contribution in [0, 0.1) is 17.8 Å². The molecule has 23 heavy (non-hydrogen) atoms. The van der Waals surface area contributed by atoms with Gasteiger partial charge in [-0.05, 0) is 20.3 Å². The van der Waals surface area contributed by atoms with Crippen LogP contribution < -0.4 is 0 Å². The first-order valence-corrected chi connectivity index (χ1v) is 7.80. The summed E-state index contributed by atoms with van der Waals surface area (Å²) in [7, 11) is 0. The lowest BCUT2D eigenvalue weighted by atomic mass is 9.75. The second-order valence-corrected chi connectivity index (χ2v) is 6.98. The highest BCUT2D eigenvalue weighted by molar-refractivity contribution is 5.91. The number of aliphatic hydroxyl groups is 2. The van der Waals surface area contributed by atoms with Crippen LogP contribution >= 0.6 is 0 Å². The summed E-state index contributed by atoms with van der Waals surface area (Å²) in [4.78, 5) is 23.4. The maximum absolute atomic E-state index is 12.0. The Morgan fingerprint density at radius 3 is 2.74 bits per heavy atom. The van der Waals surface area contributed by atoms with Crippen molar-refractivity contribution >= 4 is 11.9 Å². The van der Waals surface area contributed by atoms with Crippen molar-refractivity contribution in [2.45, 2.75) is 51.1 Å². The number of rotatable bonds is 1. The molecule has 0 spiro atoms. The Bertz CT molecular complexity index is 604. The van der Waals surface area contributed by atoms with Crippen LogP contribution in [0.15, 0.2) is 23.8 Å². The molecular formula is C17H22O6.